The highest BCUT2D eigenvalue weighted by atomic mass is 32.2. The van der Waals surface area contributed by atoms with Gasteiger partial charge < -0.3 is 0 Å². The maximum absolute atomic E-state index is 12.5. The number of aromatic nitrogens is 6. The Morgan fingerprint density at radius 2 is 2.09 bits per heavy atom. The molecule has 0 radical (unpaired) electrons. The minimum atomic E-state index is -0.132. The quantitative estimate of drug-likeness (QED) is 0.393. The number of thiophene rings is 1. The number of carbonyl (C=O) groups excluding carboxylic acids is 1. The Morgan fingerprint density at radius 3 is 2.84 bits per heavy atom. The Morgan fingerprint density at radius 1 is 1.25 bits per heavy atom. The number of aryl methyl sites for hydroxylation is 2. The van der Waals surface area contributed by atoms with E-state index in [-0.39, 0.29) is 17.6 Å². The Balaban J connectivity index is 1.47. The third kappa shape index (κ3) is 3.90. The molecule has 5 rings (SSSR count). The first-order valence-electron chi connectivity index (χ1n) is 10.9. The van der Waals surface area contributed by atoms with Crippen LogP contribution in [0.25, 0.3) is 15.9 Å². The van der Waals surface area contributed by atoms with Gasteiger partial charge in [-0.3, -0.25) is 14.5 Å². The van der Waals surface area contributed by atoms with Crippen molar-refractivity contribution in [2.45, 2.75) is 64.5 Å². The van der Waals surface area contributed by atoms with E-state index < -0.39 is 0 Å². The van der Waals surface area contributed by atoms with Gasteiger partial charge >= 0.3 is 0 Å². The zero-order valence-corrected chi connectivity index (χ0v) is 21.0. The lowest BCUT2D eigenvalue weighted by atomic mass is 9.89. The van der Waals surface area contributed by atoms with Gasteiger partial charge in [-0.2, -0.15) is 0 Å². The van der Waals surface area contributed by atoms with E-state index in [2.05, 4.69) is 50.9 Å². The highest BCUT2D eigenvalue weighted by Gasteiger charge is 2.26. The van der Waals surface area contributed by atoms with E-state index in [0.717, 1.165) is 46.0 Å². The first-order chi connectivity index (χ1) is 15.4. The van der Waals surface area contributed by atoms with Crippen LogP contribution in [0.2, 0.25) is 0 Å². The molecule has 1 amide bonds. The Hall–Kier alpha value is -2.11. The van der Waals surface area contributed by atoms with Crippen LogP contribution in [0.4, 0.5) is 5.13 Å². The van der Waals surface area contributed by atoms with Crippen molar-refractivity contribution in [3.63, 3.8) is 0 Å². The molecule has 4 aromatic heterocycles. The second-order valence-electron chi connectivity index (χ2n) is 8.49. The van der Waals surface area contributed by atoms with E-state index in [9.17, 15) is 4.79 Å². The smallest absolute Gasteiger partial charge is 0.236 e. The molecule has 0 aromatic carbocycles. The number of nitrogens with zero attached hydrogens (tertiary/aromatic N) is 6. The number of nitrogens with one attached hydrogen (secondary N) is 1. The molecule has 4 aromatic rings. The summed E-state index contributed by atoms with van der Waals surface area (Å²) in [6.07, 6.45) is 4.17. The Kier molecular flexibility index (Phi) is 5.89. The van der Waals surface area contributed by atoms with Crippen molar-refractivity contribution < 1.29 is 4.79 Å². The van der Waals surface area contributed by atoms with Crippen LogP contribution < -0.4 is 5.32 Å². The summed E-state index contributed by atoms with van der Waals surface area (Å²) in [5.74, 6) is 1.94. The summed E-state index contributed by atoms with van der Waals surface area (Å²) in [6.45, 7) is 8.59. The summed E-state index contributed by atoms with van der Waals surface area (Å²) in [5.41, 5.74) is 2.26. The molecule has 0 fully saturated rings. The van der Waals surface area contributed by atoms with Crippen LogP contribution in [0.1, 0.15) is 61.3 Å². The van der Waals surface area contributed by atoms with E-state index >= 15 is 0 Å². The van der Waals surface area contributed by atoms with Gasteiger partial charge in [0.15, 0.2) is 10.8 Å². The Bertz CT molecular complexity index is 1310. The monoisotopic (exact) mass is 487 g/mol. The maximum atomic E-state index is 12.5. The predicted molar refractivity (Wildman–Crippen MR) is 130 cm³/mol. The van der Waals surface area contributed by atoms with Crippen LogP contribution in [-0.4, -0.2) is 41.4 Å². The zero-order chi connectivity index (χ0) is 22.4. The van der Waals surface area contributed by atoms with E-state index in [1.54, 1.807) is 0 Å². The van der Waals surface area contributed by atoms with Gasteiger partial charge in [-0.25, -0.2) is 4.98 Å². The van der Waals surface area contributed by atoms with Gasteiger partial charge in [0.25, 0.3) is 0 Å². The van der Waals surface area contributed by atoms with Crippen LogP contribution in [0, 0.1) is 5.92 Å². The summed E-state index contributed by atoms with van der Waals surface area (Å²) in [4.78, 5) is 20.0. The van der Waals surface area contributed by atoms with Gasteiger partial charge in [0.2, 0.25) is 11.0 Å². The minimum absolute atomic E-state index is 0.132. The molecule has 0 bridgehead atoms. The van der Waals surface area contributed by atoms with Crippen LogP contribution in [0.5, 0.6) is 0 Å². The third-order valence-electron chi connectivity index (χ3n) is 5.66. The summed E-state index contributed by atoms with van der Waals surface area (Å²) in [6, 6.07) is 0. The lowest BCUT2D eigenvalue weighted by Gasteiger charge is -2.17. The number of amides is 1. The van der Waals surface area contributed by atoms with Crippen LogP contribution in [0.3, 0.4) is 0 Å². The van der Waals surface area contributed by atoms with E-state index in [1.165, 1.54) is 40.0 Å². The molecule has 0 aliphatic heterocycles. The van der Waals surface area contributed by atoms with Gasteiger partial charge in [-0.15, -0.1) is 31.7 Å². The molecule has 1 unspecified atom stereocenters. The molecule has 0 saturated carbocycles. The molecular formula is C21H25N7OS3. The van der Waals surface area contributed by atoms with E-state index in [1.807, 2.05) is 18.3 Å². The summed E-state index contributed by atoms with van der Waals surface area (Å²) in [5, 5.41) is 23.2. The van der Waals surface area contributed by atoms with Gasteiger partial charge in [-0.1, -0.05) is 50.8 Å². The van der Waals surface area contributed by atoms with Crippen molar-refractivity contribution in [3.05, 3.63) is 21.3 Å². The molecule has 0 spiro atoms. The lowest BCUT2D eigenvalue weighted by molar-refractivity contribution is -0.113. The average Bonchev–Trinajstić information content (AvgIpc) is 3.47. The largest absolute Gasteiger partial charge is 0.300 e. The molecule has 11 heteroatoms. The third-order valence-corrected chi connectivity index (χ3v) is 8.72. The standard InChI is InChI=1S/C21H25N7OS3/c1-5-15-24-26-20(32-15)22-14(29)9-30-21-27-25-18-16-12-7-6-11(4)8-13(12)31-19(16)23-17(10(2)3)28(18)21/h10-11H,5-9H2,1-4H3,(H,22,26,29). The second-order valence-corrected chi connectivity index (χ2v) is 11.6. The number of thioether (sulfide) groups is 1. The molecular weight excluding hydrogens is 462 g/mol. The number of anilines is 1. The van der Waals surface area contributed by atoms with Gasteiger partial charge in [0.05, 0.1) is 11.1 Å². The molecule has 168 valence electrons. The lowest BCUT2D eigenvalue weighted by Crippen LogP contribution is -2.14. The maximum Gasteiger partial charge on any atom is 0.236 e. The fraction of sp³-hybridized carbons (Fsp3) is 0.524. The molecule has 4 heterocycles. The topological polar surface area (TPSA) is 98.0 Å². The number of hydrogen-bond acceptors (Lipinski definition) is 9. The normalized spacial score (nSPS) is 16.2. The molecule has 0 saturated heterocycles. The minimum Gasteiger partial charge on any atom is -0.300 e. The summed E-state index contributed by atoms with van der Waals surface area (Å²) >= 11 is 4.59. The van der Waals surface area contributed by atoms with Crippen molar-refractivity contribution >= 4 is 61.3 Å². The van der Waals surface area contributed by atoms with E-state index in [4.69, 9.17) is 4.98 Å². The molecule has 1 atom stereocenters. The zero-order valence-electron chi connectivity index (χ0n) is 18.5. The fourth-order valence-electron chi connectivity index (χ4n) is 4.05. The van der Waals surface area contributed by atoms with Crippen molar-refractivity contribution in [1.29, 1.82) is 0 Å². The Labute approximate surface area is 198 Å². The number of fused-ring (bicyclic) bond motifs is 5. The summed E-state index contributed by atoms with van der Waals surface area (Å²) in [7, 11) is 0. The van der Waals surface area contributed by atoms with Crippen LogP contribution in [-0.2, 0) is 24.1 Å². The first kappa shape index (κ1) is 21.7. The first-order valence-corrected chi connectivity index (χ1v) is 13.5. The predicted octanol–water partition coefficient (Wildman–Crippen LogP) is 4.73. The molecule has 32 heavy (non-hydrogen) atoms. The fourth-order valence-corrected chi connectivity index (χ4v) is 6.87. The van der Waals surface area contributed by atoms with Crippen molar-refractivity contribution in [3.8, 4) is 0 Å². The van der Waals surface area contributed by atoms with Crippen molar-refractivity contribution in [1.82, 2.24) is 29.8 Å². The van der Waals surface area contributed by atoms with Gasteiger partial charge in [0, 0.05) is 10.8 Å². The number of carbonyl (C=O) groups is 1. The van der Waals surface area contributed by atoms with E-state index in [0.29, 0.717) is 16.2 Å². The van der Waals surface area contributed by atoms with Crippen LogP contribution in [0.15, 0.2) is 5.16 Å². The number of hydrogen-bond donors (Lipinski definition) is 1. The SMILES string of the molecule is CCc1nnc(NC(=O)CSc2nnc3c4c5c(sc4nc(C(C)C)n23)CC(C)CC5)s1. The molecule has 1 N–H and O–H groups in total. The van der Waals surface area contributed by atoms with Crippen molar-refractivity contribution in [2.75, 3.05) is 11.1 Å². The highest BCUT2D eigenvalue weighted by molar-refractivity contribution is 7.99. The average molecular weight is 488 g/mol. The van der Waals surface area contributed by atoms with Crippen molar-refractivity contribution in [2.24, 2.45) is 5.92 Å². The molecule has 1 aliphatic rings. The van der Waals surface area contributed by atoms with Gasteiger partial charge in [-0.05, 0) is 37.2 Å². The van der Waals surface area contributed by atoms with Crippen LogP contribution >= 0.6 is 34.4 Å². The molecule has 1 aliphatic carbocycles. The summed E-state index contributed by atoms with van der Waals surface area (Å²) < 4.78 is 2.05. The second kappa shape index (κ2) is 8.68. The molecule has 8 nitrogen and oxygen atoms in total. The van der Waals surface area contributed by atoms with Gasteiger partial charge in [0.1, 0.15) is 15.7 Å². The number of rotatable bonds is 6. The highest BCUT2D eigenvalue weighted by Crippen LogP contribution is 2.40.